The van der Waals surface area contributed by atoms with Crippen molar-refractivity contribution in [3.63, 3.8) is 0 Å². The second kappa shape index (κ2) is 6.34. The van der Waals surface area contributed by atoms with Crippen LogP contribution in [0, 0.1) is 6.92 Å². The van der Waals surface area contributed by atoms with Crippen molar-refractivity contribution in [2.24, 2.45) is 0 Å². The zero-order chi connectivity index (χ0) is 15.4. The van der Waals surface area contributed by atoms with Crippen LogP contribution < -0.4 is 5.32 Å². The van der Waals surface area contributed by atoms with Gasteiger partial charge < -0.3 is 5.32 Å². The molecule has 0 saturated carbocycles. The van der Waals surface area contributed by atoms with Crippen molar-refractivity contribution >= 4 is 11.7 Å². The van der Waals surface area contributed by atoms with Gasteiger partial charge >= 0.3 is 0 Å². The second-order valence-corrected chi connectivity index (χ2v) is 5.19. The minimum Gasteiger partial charge on any atom is -0.352 e. The number of fused-ring (bicyclic) bond motifs is 1. The van der Waals surface area contributed by atoms with E-state index in [1.807, 2.05) is 37.4 Å². The molecule has 1 N–H and O–H groups in total. The van der Waals surface area contributed by atoms with Crippen molar-refractivity contribution in [1.82, 2.24) is 24.9 Å². The van der Waals surface area contributed by atoms with Gasteiger partial charge in [0, 0.05) is 24.5 Å². The van der Waals surface area contributed by atoms with Gasteiger partial charge in [0.25, 0.3) is 11.7 Å². The van der Waals surface area contributed by atoms with E-state index in [4.69, 9.17) is 0 Å². The summed E-state index contributed by atoms with van der Waals surface area (Å²) in [6, 6.07) is 7.56. The van der Waals surface area contributed by atoms with E-state index in [1.54, 1.807) is 10.7 Å². The lowest BCUT2D eigenvalue weighted by Crippen LogP contribution is -2.24. The summed E-state index contributed by atoms with van der Waals surface area (Å²) in [5, 5.41) is 6.98. The molecule has 0 bridgehead atoms. The molecule has 6 nitrogen and oxygen atoms in total. The first-order valence-electron chi connectivity index (χ1n) is 7.21. The number of hydrogen-bond acceptors (Lipinski definition) is 4. The highest BCUT2D eigenvalue weighted by atomic mass is 16.1. The smallest absolute Gasteiger partial charge is 0.252 e. The van der Waals surface area contributed by atoms with Gasteiger partial charge in [0.2, 0.25) is 0 Å². The van der Waals surface area contributed by atoms with Gasteiger partial charge in [-0.05, 0) is 37.5 Å². The molecule has 0 radical (unpaired) electrons. The molecule has 2 aromatic heterocycles. The Hall–Kier alpha value is -2.76. The Morgan fingerprint density at radius 2 is 2.05 bits per heavy atom. The number of amides is 1. The fourth-order valence-electron chi connectivity index (χ4n) is 2.19. The van der Waals surface area contributed by atoms with Crippen LogP contribution in [0.3, 0.4) is 0 Å². The molecule has 0 fully saturated rings. The number of nitrogens with zero attached hydrogens (tertiary/aromatic N) is 4. The average molecular weight is 295 g/mol. The molecule has 1 aromatic carbocycles. The molecule has 1 amide bonds. The molecule has 0 spiro atoms. The molecule has 2 heterocycles. The third kappa shape index (κ3) is 3.28. The van der Waals surface area contributed by atoms with Gasteiger partial charge in [-0.15, -0.1) is 0 Å². The Morgan fingerprint density at radius 1 is 1.23 bits per heavy atom. The first-order valence-corrected chi connectivity index (χ1v) is 7.21. The van der Waals surface area contributed by atoms with Crippen LogP contribution in [0.15, 0.2) is 43.0 Å². The largest absolute Gasteiger partial charge is 0.352 e. The summed E-state index contributed by atoms with van der Waals surface area (Å²) in [7, 11) is 0. The van der Waals surface area contributed by atoms with Gasteiger partial charge in [-0.2, -0.15) is 10.1 Å². The lowest BCUT2D eigenvalue weighted by Gasteiger charge is -2.06. The molecule has 6 heteroatoms. The lowest BCUT2D eigenvalue weighted by molar-refractivity contribution is 0.0953. The molecule has 0 saturated heterocycles. The Morgan fingerprint density at radius 3 is 2.86 bits per heavy atom. The summed E-state index contributed by atoms with van der Waals surface area (Å²) in [5.41, 5.74) is 2.91. The molecule has 22 heavy (non-hydrogen) atoms. The van der Waals surface area contributed by atoms with Crippen LogP contribution in [-0.4, -0.2) is 32.0 Å². The molecule has 112 valence electrons. The Labute approximate surface area is 128 Å². The third-order valence-electron chi connectivity index (χ3n) is 3.43. The normalized spacial score (nSPS) is 10.8. The second-order valence-electron chi connectivity index (χ2n) is 5.19. The van der Waals surface area contributed by atoms with E-state index < -0.39 is 0 Å². The summed E-state index contributed by atoms with van der Waals surface area (Å²) in [6.45, 7) is 2.63. The Kier molecular flexibility index (Phi) is 4.09. The standard InChI is InChI=1S/C16H17N5O/c1-12-4-6-14(7-5-12)15(22)17-8-2-3-13-9-18-16-19-11-20-21(16)10-13/h4-7,9-11H,2-3,8H2,1H3,(H,17,22). The Bertz CT molecular complexity index is 779. The van der Waals surface area contributed by atoms with Crippen LogP contribution >= 0.6 is 0 Å². The van der Waals surface area contributed by atoms with E-state index in [2.05, 4.69) is 20.4 Å². The van der Waals surface area contributed by atoms with Gasteiger partial charge in [0.05, 0.1) is 0 Å². The summed E-state index contributed by atoms with van der Waals surface area (Å²) in [4.78, 5) is 20.2. The number of aryl methyl sites for hydroxylation is 2. The summed E-state index contributed by atoms with van der Waals surface area (Å²) >= 11 is 0. The van der Waals surface area contributed by atoms with E-state index in [0.29, 0.717) is 17.9 Å². The molecule has 0 aliphatic carbocycles. The van der Waals surface area contributed by atoms with Crippen molar-refractivity contribution in [3.05, 3.63) is 59.7 Å². The number of aromatic nitrogens is 4. The predicted octanol–water partition coefficient (Wildman–Crippen LogP) is 1.80. The maximum Gasteiger partial charge on any atom is 0.252 e. The fourth-order valence-corrected chi connectivity index (χ4v) is 2.19. The minimum atomic E-state index is -0.0372. The number of carbonyl (C=O) groups is 1. The highest BCUT2D eigenvalue weighted by Gasteiger charge is 2.04. The highest BCUT2D eigenvalue weighted by molar-refractivity contribution is 5.94. The van der Waals surface area contributed by atoms with Crippen molar-refractivity contribution in [1.29, 1.82) is 0 Å². The van der Waals surface area contributed by atoms with Crippen LogP contribution in [-0.2, 0) is 6.42 Å². The van der Waals surface area contributed by atoms with Crippen LogP contribution in [0.4, 0.5) is 0 Å². The SMILES string of the molecule is Cc1ccc(C(=O)NCCCc2cnc3ncnn3c2)cc1. The summed E-state index contributed by atoms with van der Waals surface area (Å²) in [6.07, 6.45) is 6.87. The maximum atomic E-state index is 12.0. The van der Waals surface area contributed by atoms with E-state index in [9.17, 15) is 4.79 Å². The molecule has 3 aromatic rings. The summed E-state index contributed by atoms with van der Waals surface area (Å²) in [5.74, 6) is 0.557. The first kappa shape index (κ1) is 14.2. The average Bonchev–Trinajstić information content (AvgIpc) is 2.99. The number of benzene rings is 1. The lowest BCUT2D eigenvalue weighted by atomic mass is 10.1. The topological polar surface area (TPSA) is 72.2 Å². The van der Waals surface area contributed by atoms with Crippen LogP contribution in [0.2, 0.25) is 0 Å². The number of nitrogens with one attached hydrogen (secondary N) is 1. The van der Waals surface area contributed by atoms with Gasteiger partial charge in [0.1, 0.15) is 6.33 Å². The zero-order valence-corrected chi connectivity index (χ0v) is 12.4. The third-order valence-corrected chi connectivity index (χ3v) is 3.43. The van der Waals surface area contributed by atoms with Crippen LogP contribution in [0.5, 0.6) is 0 Å². The number of carbonyl (C=O) groups excluding carboxylic acids is 1. The summed E-state index contributed by atoms with van der Waals surface area (Å²) < 4.78 is 1.65. The van der Waals surface area contributed by atoms with E-state index in [0.717, 1.165) is 24.0 Å². The molecule has 0 unspecified atom stereocenters. The van der Waals surface area contributed by atoms with E-state index in [-0.39, 0.29) is 5.91 Å². The molecular formula is C16H17N5O. The highest BCUT2D eigenvalue weighted by Crippen LogP contribution is 2.04. The first-order chi connectivity index (χ1) is 10.7. The van der Waals surface area contributed by atoms with Crippen molar-refractivity contribution in [3.8, 4) is 0 Å². The molecular weight excluding hydrogens is 278 g/mol. The van der Waals surface area contributed by atoms with Crippen molar-refractivity contribution < 1.29 is 4.79 Å². The van der Waals surface area contributed by atoms with Crippen molar-refractivity contribution in [2.45, 2.75) is 19.8 Å². The maximum absolute atomic E-state index is 12.0. The fraction of sp³-hybridized carbons (Fsp3) is 0.250. The molecule has 0 aliphatic heterocycles. The van der Waals surface area contributed by atoms with Gasteiger partial charge in [-0.25, -0.2) is 9.50 Å². The number of rotatable bonds is 5. The van der Waals surface area contributed by atoms with Crippen LogP contribution in [0.25, 0.3) is 5.78 Å². The minimum absolute atomic E-state index is 0.0372. The molecule has 0 atom stereocenters. The van der Waals surface area contributed by atoms with E-state index in [1.165, 1.54) is 6.33 Å². The van der Waals surface area contributed by atoms with E-state index >= 15 is 0 Å². The van der Waals surface area contributed by atoms with Gasteiger partial charge in [-0.1, -0.05) is 17.7 Å². The number of hydrogen-bond donors (Lipinski definition) is 1. The zero-order valence-electron chi connectivity index (χ0n) is 12.4. The predicted molar refractivity (Wildman–Crippen MR) is 82.6 cm³/mol. The monoisotopic (exact) mass is 295 g/mol. The van der Waals surface area contributed by atoms with Gasteiger partial charge in [-0.3, -0.25) is 4.79 Å². The van der Waals surface area contributed by atoms with Gasteiger partial charge in [0.15, 0.2) is 0 Å². The molecule has 3 rings (SSSR count). The quantitative estimate of drug-likeness (QED) is 0.728. The Balaban J connectivity index is 1.48. The van der Waals surface area contributed by atoms with Crippen LogP contribution in [0.1, 0.15) is 27.9 Å². The molecule has 0 aliphatic rings. The van der Waals surface area contributed by atoms with Crippen molar-refractivity contribution in [2.75, 3.05) is 6.54 Å².